The largest absolute Gasteiger partial charge is 0.310 e. The molecule has 1 aliphatic rings. The van der Waals surface area contributed by atoms with E-state index in [0.29, 0.717) is 5.41 Å². The van der Waals surface area contributed by atoms with Gasteiger partial charge >= 0.3 is 0 Å². The first-order valence-electron chi connectivity index (χ1n) is 7.16. The summed E-state index contributed by atoms with van der Waals surface area (Å²) in [6.45, 7) is 7.90. The van der Waals surface area contributed by atoms with Crippen LogP contribution >= 0.6 is 0 Å². The first kappa shape index (κ1) is 14.5. The molecule has 0 aliphatic carbocycles. The van der Waals surface area contributed by atoms with Crippen molar-refractivity contribution in [1.29, 1.82) is 0 Å². The van der Waals surface area contributed by atoms with Crippen LogP contribution in [0.1, 0.15) is 38.3 Å². The van der Waals surface area contributed by atoms with Crippen LogP contribution in [0.15, 0.2) is 24.3 Å². The Morgan fingerprint density at radius 1 is 1.26 bits per heavy atom. The molecule has 1 fully saturated rings. The number of likely N-dealkylation sites (tertiary alicyclic amines) is 1. The molecule has 1 N–H and O–H groups in total. The molecule has 0 radical (unpaired) electrons. The van der Waals surface area contributed by atoms with Crippen molar-refractivity contribution in [3.63, 3.8) is 0 Å². The lowest BCUT2D eigenvalue weighted by Crippen LogP contribution is -2.42. The van der Waals surface area contributed by atoms with Crippen molar-refractivity contribution < 1.29 is 4.39 Å². The molecule has 1 saturated heterocycles. The smallest absolute Gasteiger partial charge is 0.123 e. The van der Waals surface area contributed by atoms with Crippen LogP contribution in [0.5, 0.6) is 0 Å². The van der Waals surface area contributed by atoms with Gasteiger partial charge in [-0.15, -0.1) is 0 Å². The summed E-state index contributed by atoms with van der Waals surface area (Å²) in [6.07, 6.45) is 2.49. The fourth-order valence-electron chi connectivity index (χ4n) is 2.60. The maximum absolute atomic E-state index is 12.9. The Labute approximate surface area is 116 Å². The summed E-state index contributed by atoms with van der Waals surface area (Å²) in [5.74, 6) is -0.168. The number of rotatable bonds is 4. The Bertz CT molecular complexity index is 394. The highest BCUT2D eigenvalue weighted by atomic mass is 19.1. The molecular formula is C16H25FN2. The van der Waals surface area contributed by atoms with Gasteiger partial charge in [0.1, 0.15) is 5.82 Å². The second-order valence-electron chi connectivity index (χ2n) is 6.27. The van der Waals surface area contributed by atoms with E-state index in [4.69, 9.17) is 0 Å². The summed E-state index contributed by atoms with van der Waals surface area (Å²) >= 11 is 0. The van der Waals surface area contributed by atoms with Crippen LogP contribution in [-0.2, 0) is 0 Å². The number of hydrogen-bond acceptors (Lipinski definition) is 2. The van der Waals surface area contributed by atoms with Gasteiger partial charge in [-0.1, -0.05) is 19.1 Å². The number of hydrogen-bond donors (Lipinski definition) is 1. The first-order chi connectivity index (χ1) is 8.98. The van der Waals surface area contributed by atoms with Crippen LogP contribution in [0.4, 0.5) is 4.39 Å². The minimum absolute atomic E-state index is 0.168. The predicted molar refractivity (Wildman–Crippen MR) is 77.7 cm³/mol. The molecular weight excluding hydrogens is 239 g/mol. The zero-order valence-electron chi connectivity index (χ0n) is 12.2. The van der Waals surface area contributed by atoms with Crippen LogP contribution < -0.4 is 5.32 Å². The molecule has 1 heterocycles. The van der Waals surface area contributed by atoms with Crippen molar-refractivity contribution in [2.24, 2.45) is 5.41 Å². The lowest BCUT2D eigenvalue weighted by molar-refractivity contribution is 0.134. The third-order valence-electron chi connectivity index (χ3n) is 4.40. The van der Waals surface area contributed by atoms with E-state index in [-0.39, 0.29) is 11.9 Å². The number of nitrogens with zero attached hydrogens (tertiary/aromatic N) is 1. The minimum Gasteiger partial charge on any atom is -0.310 e. The van der Waals surface area contributed by atoms with Crippen molar-refractivity contribution >= 4 is 0 Å². The van der Waals surface area contributed by atoms with E-state index in [1.54, 1.807) is 0 Å². The summed E-state index contributed by atoms with van der Waals surface area (Å²) in [5.41, 5.74) is 1.54. The van der Waals surface area contributed by atoms with E-state index in [2.05, 4.69) is 31.1 Å². The SMILES string of the molecule is CC(NCC1(C)CCN(C)CC1)c1ccc(F)cc1. The van der Waals surface area contributed by atoms with E-state index in [0.717, 1.165) is 12.1 Å². The highest BCUT2D eigenvalue weighted by molar-refractivity contribution is 5.19. The molecule has 2 rings (SSSR count). The molecule has 1 aromatic carbocycles. The van der Waals surface area contributed by atoms with Crippen molar-refractivity contribution in [3.8, 4) is 0 Å². The van der Waals surface area contributed by atoms with Gasteiger partial charge in [-0.2, -0.15) is 0 Å². The monoisotopic (exact) mass is 264 g/mol. The summed E-state index contributed by atoms with van der Waals surface area (Å²) < 4.78 is 12.9. The first-order valence-corrected chi connectivity index (χ1v) is 7.16. The molecule has 1 aliphatic heterocycles. The molecule has 1 unspecified atom stereocenters. The Morgan fingerprint density at radius 2 is 1.84 bits per heavy atom. The topological polar surface area (TPSA) is 15.3 Å². The molecule has 1 aromatic rings. The van der Waals surface area contributed by atoms with Gasteiger partial charge in [0.15, 0.2) is 0 Å². The molecule has 1 atom stereocenters. The lowest BCUT2D eigenvalue weighted by atomic mass is 9.80. The van der Waals surface area contributed by atoms with E-state index in [1.165, 1.54) is 38.1 Å². The van der Waals surface area contributed by atoms with E-state index in [1.807, 2.05) is 12.1 Å². The maximum Gasteiger partial charge on any atom is 0.123 e. The summed E-state index contributed by atoms with van der Waals surface area (Å²) in [4.78, 5) is 2.39. The van der Waals surface area contributed by atoms with Crippen LogP contribution in [0.2, 0.25) is 0 Å². The van der Waals surface area contributed by atoms with Crippen LogP contribution in [0.3, 0.4) is 0 Å². The summed E-state index contributed by atoms with van der Waals surface area (Å²) in [5, 5.41) is 3.60. The fraction of sp³-hybridized carbons (Fsp3) is 0.625. The maximum atomic E-state index is 12.9. The predicted octanol–water partition coefficient (Wildman–Crippen LogP) is 3.21. The van der Waals surface area contributed by atoms with Gasteiger partial charge in [0.25, 0.3) is 0 Å². The second-order valence-corrected chi connectivity index (χ2v) is 6.27. The quantitative estimate of drug-likeness (QED) is 0.898. The molecule has 19 heavy (non-hydrogen) atoms. The second kappa shape index (κ2) is 6.02. The average Bonchev–Trinajstić information content (AvgIpc) is 2.41. The number of halogens is 1. The normalized spacial score (nSPS) is 21.3. The van der Waals surface area contributed by atoms with Gasteiger partial charge < -0.3 is 10.2 Å². The third kappa shape index (κ3) is 4.02. The lowest BCUT2D eigenvalue weighted by Gasteiger charge is -2.38. The Kier molecular flexibility index (Phi) is 4.58. The average molecular weight is 264 g/mol. The Hall–Kier alpha value is -0.930. The standard InChI is InChI=1S/C16H25FN2/c1-13(14-4-6-15(17)7-5-14)18-12-16(2)8-10-19(3)11-9-16/h4-7,13,18H,8-12H2,1-3H3. The number of piperidine rings is 1. The van der Waals surface area contributed by atoms with Gasteiger partial charge in [-0.25, -0.2) is 4.39 Å². The Morgan fingerprint density at radius 3 is 2.42 bits per heavy atom. The van der Waals surface area contributed by atoms with E-state index in [9.17, 15) is 4.39 Å². The minimum atomic E-state index is -0.168. The molecule has 0 amide bonds. The van der Waals surface area contributed by atoms with Crippen LogP contribution in [0, 0.1) is 11.2 Å². The molecule has 0 aromatic heterocycles. The van der Waals surface area contributed by atoms with E-state index >= 15 is 0 Å². The zero-order valence-corrected chi connectivity index (χ0v) is 12.2. The van der Waals surface area contributed by atoms with Crippen LogP contribution in [0.25, 0.3) is 0 Å². The van der Waals surface area contributed by atoms with Gasteiger partial charge in [0.2, 0.25) is 0 Å². The van der Waals surface area contributed by atoms with Gasteiger partial charge in [0, 0.05) is 12.6 Å². The molecule has 106 valence electrons. The van der Waals surface area contributed by atoms with Crippen molar-refractivity contribution in [2.75, 3.05) is 26.7 Å². The number of nitrogens with one attached hydrogen (secondary N) is 1. The third-order valence-corrected chi connectivity index (χ3v) is 4.40. The highest BCUT2D eigenvalue weighted by Gasteiger charge is 2.28. The van der Waals surface area contributed by atoms with Gasteiger partial charge in [0.05, 0.1) is 0 Å². The number of benzene rings is 1. The van der Waals surface area contributed by atoms with E-state index < -0.39 is 0 Å². The molecule has 0 saturated carbocycles. The Balaban J connectivity index is 1.86. The van der Waals surface area contributed by atoms with Crippen molar-refractivity contribution in [2.45, 2.75) is 32.7 Å². The molecule has 2 nitrogen and oxygen atoms in total. The summed E-state index contributed by atoms with van der Waals surface area (Å²) in [7, 11) is 2.19. The summed E-state index contributed by atoms with van der Waals surface area (Å²) in [6, 6.07) is 7.07. The molecule has 3 heteroatoms. The highest BCUT2D eigenvalue weighted by Crippen LogP contribution is 2.30. The molecule has 0 bridgehead atoms. The zero-order chi connectivity index (χ0) is 13.9. The van der Waals surface area contributed by atoms with Crippen LogP contribution in [-0.4, -0.2) is 31.6 Å². The van der Waals surface area contributed by atoms with Gasteiger partial charge in [-0.3, -0.25) is 0 Å². The van der Waals surface area contributed by atoms with Crippen molar-refractivity contribution in [1.82, 2.24) is 10.2 Å². The molecule has 0 spiro atoms. The van der Waals surface area contributed by atoms with Crippen molar-refractivity contribution in [3.05, 3.63) is 35.6 Å². The van der Waals surface area contributed by atoms with Gasteiger partial charge in [-0.05, 0) is 63.0 Å². The fourth-order valence-corrected chi connectivity index (χ4v) is 2.60.